The van der Waals surface area contributed by atoms with Crippen molar-refractivity contribution in [3.05, 3.63) is 0 Å². The average Bonchev–Trinajstić information content (AvgIpc) is 2.45. The molecule has 1 heterocycles. The van der Waals surface area contributed by atoms with Crippen LogP contribution in [0.5, 0.6) is 0 Å². The highest BCUT2D eigenvalue weighted by Gasteiger charge is 2.39. The summed E-state index contributed by atoms with van der Waals surface area (Å²) in [5, 5.41) is 0. The van der Waals surface area contributed by atoms with E-state index in [2.05, 4.69) is 0 Å². The van der Waals surface area contributed by atoms with Gasteiger partial charge in [0.2, 0.25) is 10.0 Å². The Morgan fingerprint density at radius 1 is 1.15 bits per heavy atom. The molecular weight excluding hydrogens is 186 g/mol. The van der Waals surface area contributed by atoms with E-state index in [4.69, 9.17) is 0 Å². The lowest BCUT2D eigenvalue weighted by Crippen LogP contribution is -2.38. The van der Waals surface area contributed by atoms with Crippen molar-refractivity contribution in [3.8, 4) is 0 Å². The highest BCUT2D eigenvalue weighted by molar-refractivity contribution is 7.88. The van der Waals surface area contributed by atoms with E-state index < -0.39 is 10.0 Å². The van der Waals surface area contributed by atoms with Crippen LogP contribution < -0.4 is 0 Å². The predicted molar refractivity (Wildman–Crippen MR) is 51.9 cm³/mol. The highest BCUT2D eigenvalue weighted by Crippen LogP contribution is 2.37. The molecule has 2 aliphatic rings. The fourth-order valence-corrected chi connectivity index (χ4v) is 3.98. The van der Waals surface area contributed by atoms with Crippen LogP contribution in [0.15, 0.2) is 0 Å². The van der Waals surface area contributed by atoms with E-state index in [1.807, 2.05) is 0 Å². The monoisotopic (exact) mass is 203 g/mol. The van der Waals surface area contributed by atoms with Crippen LogP contribution in [0.4, 0.5) is 0 Å². The molecule has 3 nitrogen and oxygen atoms in total. The maximum Gasteiger partial charge on any atom is 0.211 e. The second kappa shape index (κ2) is 3.24. The van der Waals surface area contributed by atoms with Crippen LogP contribution in [0.25, 0.3) is 0 Å². The summed E-state index contributed by atoms with van der Waals surface area (Å²) in [5.41, 5.74) is 0. The fourth-order valence-electron chi connectivity index (χ4n) is 2.77. The Hall–Kier alpha value is -0.0900. The zero-order valence-electron chi connectivity index (χ0n) is 8.07. The topological polar surface area (TPSA) is 37.4 Å². The number of hydrogen-bond donors (Lipinski definition) is 0. The minimum atomic E-state index is -2.94. The van der Waals surface area contributed by atoms with Gasteiger partial charge in [0.1, 0.15) is 0 Å². The van der Waals surface area contributed by atoms with Gasteiger partial charge in [-0.15, -0.1) is 0 Å². The molecule has 4 heteroatoms. The second-order valence-corrected chi connectivity index (χ2v) is 6.21. The lowest BCUT2D eigenvalue weighted by molar-refractivity contribution is 0.261. The minimum Gasteiger partial charge on any atom is -0.212 e. The molecule has 0 aromatic carbocycles. The van der Waals surface area contributed by atoms with Gasteiger partial charge in [0.25, 0.3) is 0 Å². The summed E-state index contributed by atoms with van der Waals surface area (Å²) in [6.07, 6.45) is 7.22. The Bertz CT molecular complexity index is 286. The van der Waals surface area contributed by atoms with Gasteiger partial charge in [-0.2, -0.15) is 4.31 Å². The van der Waals surface area contributed by atoms with Gasteiger partial charge < -0.3 is 0 Å². The Morgan fingerprint density at radius 2 is 1.85 bits per heavy atom. The number of hydrogen-bond acceptors (Lipinski definition) is 2. The molecule has 0 spiro atoms. The Labute approximate surface area is 80.2 Å². The van der Waals surface area contributed by atoms with Crippen molar-refractivity contribution in [1.29, 1.82) is 0 Å². The molecule has 2 fully saturated rings. The molecule has 0 aromatic heterocycles. The number of fused-ring (bicyclic) bond motifs is 1. The lowest BCUT2D eigenvalue weighted by atomic mass is 9.86. The van der Waals surface area contributed by atoms with E-state index in [0.29, 0.717) is 12.0 Å². The molecule has 2 atom stereocenters. The molecule has 0 N–H and O–H groups in total. The molecule has 2 unspecified atom stereocenters. The van der Waals surface area contributed by atoms with Gasteiger partial charge in [0, 0.05) is 12.6 Å². The van der Waals surface area contributed by atoms with Crippen LogP contribution in [0.3, 0.4) is 0 Å². The Morgan fingerprint density at radius 3 is 2.54 bits per heavy atom. The summed E-state index contributed by atoms with van der Waals surface area (Å²) in [5.74, 6) is 0.656. The van der Waals surface area contributed by atoms with Crippen LogP contribution in [-0.4, -0.2) is 31.6 Å². The van der Waals surface area contributed by atoms with E-state index in [1.165, 1.54) is 25.5 Å². The molecule has 1 aliphatic heterocycles. The van der Waals surface area contributed by atoms with Gasteiger partial charge in [-0.25, -0.2) is 8.42 Å². The first-order valence-corrected chi connectivity index (χ1v) is 6.90. The van der Waals surface area contributed by atoms with Gasteiger partial charge in [-0.1, -0.05) is 12.8 Å². The Balaban J connectivity index is 2.16. The van der Waals surface area contributed by atoms with Crippen LogP contribution in [-0.2, 0) is 10.0 Å². The molecule has 0 bridgehead atoms. The van der Waals surface area contributed by atoms with E-state index in [9.17, 15) is 8.42 Å². The zero-order valence-corrected chi connectivity index (χ0v) is 8.89. The molecule has 76 valence electrons. The summed E-state index contributed by atoms with van der Waals surface area (Å²) < 4.78 is 24.5. The minimum absolute atomic E-state index is 0.337. The normalized spacial score (nSPS) is 36.1. The van der Waals surface area contributed by atoms with Crippen molar-refractivity contribution in [2.75, 3.05) is 12.8 Å². The number of sulfonamides is 1. The molecule has 1 saturated carbocycles. The van der Waals surface area contributed by atoms with Crippen LogP contribution in [0, 0.1) is 5.92 Å². The molecular formula is C9H17NO2S. The molecule has 0 aromatic rings. The SMILES string of the molecule is CS(=O)(=O)N1CCC2CCCCC21. The van der Waals surface area contributed by atoms with Gasteiger partial charge in [0.15, 0.2) is 0 Å². The van der Waals surface area contributed by atoms with Crippen LogP contribution in [0.2, 0.25) is 0 Å². The van der Waals surface area contributed by atoms with E-state index in [-0.39, 0.29) is 0 Å². The summed E-state index contributed by atoms with van der Waals surface area (Å²) >= 11 is 0. The first-order valence-electron chi connectivity index (χ1n) is 5.06. The molecule has 1 aliphatic carbocycles. The van der Waals surface area contributed by atoms with Crippen molar-refractivity contribution >= 4 is 10.0 Å². The lowest BCUT2D eigenvalue weighted by Gasteiger charge is -2.29. The third kappa shape index (κ3) is 1.74. The van der Waals surface area contributed by atoms with E-state index in [1.54, 1.807) is 4.31 Å². The standard InChI is InChI=1S/C9H17NO2S/c1-13(11,12)10-7-6-8-4-2-3-5-9(8)10/h8-9H,2-7H2,1H3. The van der Waals surface area contributed by atoms with E-state index in [0.717, 1.165) is 19.4 Å². The molecule has 0 radical (unpaired) electrons. The third-order valence-corrected chi connectivity index (χ3v) is 4.69. The summed E-state index contributed by atoms with van der Waals surface area (Å²) in [7, 11) is -2.94. The van der Waals surface area contributed by atoms with Crippen molar-refractivity contribution in [2.45, 2.75) is 38.1 Å². The van der Waals surface area contributed by atoms with Gasteiger partial charge >= 0.3 is 0 Å². The zero-order chi connectivity index (χ0) is 9.47. The van der Waals surface area contributed by atoms with Crippen molar-refractivity contribution in [2.24, 2.45) is 5.92 Å². The summed E-state index contributed by atoms with van der Waals surface area (Å²) in [4.78, 5) is 0. The molecule has 0 amide bonds. The maximum atomic E-state index is 11.4. The third-order valence-electron chi connectivity index (χ3n) is 3.39. The first-order chi connectivity index (χ1) is 6.09. The largest absolute Gasteiger partial charge is 0.212 e. The predicted octanol–water partition coefficient (Wildman–Crippen LogP) is 1.21. The fraction of sp³-hybridized carbons (Fsp3) is 1.00. The average molecular weight is 203 g/mol. The number of rotatable bonds is 1. The second-order valence-electron chi connectivity index (χ2n) is 4.27. The maximum absolute atomic E-state index is 11.4. The van der Waals surface area contributed by atoms with Crippen LogP contribution in [0.1, 0.15) is 32.1 Å². The van der Waals surface area contributed by atoms with Gasteiger partial charge in [-0.05, 0) is 25.2 Å². The first kappa shape index (κ1) is 9.46. The molecule has 2 rings (SSSR count). The summed E-state index contributed by atoms with van der Waals surface area (Å²) in [6, 6.07) is 0.337. The Kier molecular flexibility index (Phi) is 2.36. The number of nitrogens with zero attached hydrogens (tertiary/aromatic N) is 1. The molecule has 1 saturated heterocycles. The molecule has 13 heavy (non-hydrogen) atoms. The van der Waals surface area contributed by atoms with Gasteiger partial charge in [0.05, 0.1) is 6.26 Å². The van der Waals surface area contributed by atoms with Crippen molar-refractivity contribution in [1.82, 2.24) is 4.31 Å². The van der Waals surface area contributed by atoms with Crippen molar-refractivity contribution in [3.63, 3.8) is 0 Å². The van der Waals surface area contributed by atoms with Crippen LogP contribution >= 0.6 is 0 Å². The smallest absolute Gasteiger partial charge is 0.211 e. The summed E-state index contributed by atoms with van der Waals surface area (Å²) in [6.45, 7) is 0.758. The van der Waals surface area contributed by atoms with Crippen molar-refractivity contribution < 1.29 is 8.42 Å². The highest BCUT2D eigenvalue weighted by atomic mass is 32.2. The van der Waals surface area contributed by atoms with Gasteiger partial charge in [-0.3, -0.25) is 0 Å². The quantitative estimate of drug-likeness (QED) is 0.642. The van der Waals surface area contributed by atoms with E-state index >= 15 is 0 Å².